The molecule has 78 valence electrons. The number of nitro groups is 1. The van der Waals surface area contributed by atoms with Gasteiger partial charge in [0.2, 0.25) is 0 Å². The predicted octanol–water partition coefficient (Wildman–Crippen LogP) is 0.157. The molecule has 3 N–H and O–H groups in total. The van der Waals surface area contributed by atoms with Crippen LogP contribution in [0.3, 0.4) is 0 Å². The molecule has 0 aromatic carbocycles. The van der Waals surface area contributed by atoms with Crippen molar-refractivity contribution in [2.45, 2.75) is 0 Å². The van der Waals surface area contributed by atoms with Crippen LogP contribution < -0.4 is 11.2 Å². The molecule has 0 aliphatic heterocycles. The van der Waals surface area contributed by atoms with Gasteiger partial charge in [-0.15, -0.1) is 0 Å². The van der Waals surface area contributed by atoms with Crippen LogP contribution in [-0.4, -0.2) is 21.2 Å². The van der Waals surface area contributed by atoms with E-state index in [0.717, 1.165) is 6.20 Å². The first kappa shape index (κ1) is 11.0. The Labute approximate surface area is 90.1 Å². The third-order valence-corrected chi connectivity index (χ3v) is 1.44. The predicted molar refractivity (Wildman–Crippen MR) is 58.4 cm³/mol. The summed E-state index contributed by atoms with van der Waals surface area (Å²) in [5.74, 6) is 0. The van der Waals surface area contributed by atoms with Gasteiger partial charge in [-0.1, -0.05) is 0 Å². The maximum Gasteiger partial charge on any atom is 0.287 e. The second kappa shape index (κ2) is 4.96. The zero-order valence-corrected chi connectivity index (χ0v) is 8.27. The molecule has 1 rings (SSSR count). The van der Waals surface area contributed by atoms with Gasteiger partial charge in [0.1, 0.15) is 6.20 Å². The Bertz CT molecular complexity index is 402. The fourth-order valence-electron chi connectivity index (χ4n) is 0.744. The number of hydrazone groups is 1. The Morgan fingerprint density at radius 3 is 2.93 bits per heavy atom. The average Bonchev–Trinajstić information content (AvgIpc) is 2.18. The SMILES string of the molecule is NC(=S)NN=Cc1ccc([N+](=O)[O-])cn1. The molecule has 1 aromatic rings. The van der Waals surface area contributed by atoms with Gasteiger partial charge in [0.25, 0.3) is 5.69 Å². The van der Waals surface area contributed by atoms with Gasteiger partial charge in [-0.3, -0.25) is 15.5 Å². The molecule has 0 aliphatic rings. The highest BCUT2D eigenvalue weighted by Gasteiger charge is 2.03. The lowest BCUT2D eigenvalue weighted by atomic mass is 10.3. The van der Waals surface area contributed by atoms with E-state index in [1.165, 1.54) is 18.3 Å². The lowest BCUT2D eigenvalue weighted by Crippen LogP contribution is -2.24. The Hall–Kier alpha value is -2.09. The molecule has 15 heavy (non-hydrogen) atoms. The average molecular weight is 225 g/mol. The van der Waals surface area contributed by atoms with Gasteiger partial charge in [0.05, 0.1) is 16.8 Å². The molecule has 1 heterocycles. The zero-order valence-electron chi connectivity index (χ0n) is 7.45. The van der Waals surface area contributed by atoms with Gasteiger partial charge < -0.3 is 5.73 Å². The summed E-state index contributed by atoms with van der Waals surface area (Å²) in [6.07, 6.45) is 2.49. The van der Waals surface area contributed by atoms with Crippen molar-refractivity contribution in [3.8, 4) is 0 Å². The van der Waals surface area contributed by atoms with Gasteiger partial charge in [0, 0.05) is 6.07 Å². The summed E-state index contributed by atoms with van der Waals surface area (Å²) < 4.78 is 0. The van der Waals surface area contributed by atoms with Crippen LogP contribution in [0.5, 0.6) is 0 Å². The standard InChI is InChI=1S/C7H7N5O2S/c8-7(15)11-10-3-5-1-2-6(4-9-5)12(13)14/h1-4H,(H3,8,11,15). The smallest absolute Gasteiger partial charge is 0.287 e. The van der Waals surface area contributed by atoms with Crippen molar-refractivity contribution in [1.82, 2.24) is 10.4 Å². The highest BCUT2D eigenvalue weighted by atomic mass is 32.1. The molecule has 0 radical (unpaired) electrons. The van der Waals surface area contributed by atoms with Crippen LogP contribution in [0, 0.1) is 10.1 Å². The Morgan fingerprint density at radius 1 is 1.73 bits per heavy atom. The number of pyridine rings is 1. The first-order valence-corrected chi connectivity index (χ1v) is 4.19. The van der Waals surface area contributed by atoms with Crippen molar-refractivity contribution in [3.63, 3.8) is 0 Å². The number of nitrogens with zero attached hydrogens (tertiary/aromatic N) is 3. The van der Waals surface area contributed by atoms with E-state index in [4.69, 9.17) is 5.73 Å². The number of hydrogen-bond acceptors (Lipinski definition) is 5. The number of nitrogens with one attached hydrogen (secondary N) is 1. The lowest BCUT2D eigenvalue weighted by molar-refractivity contribution is -0.385. The van der Waals surface area contributed by atoms with Gasteiger partial charge >= 0.3 is 0 Å². The molecule has 0 saturated carbocycles. The molecule has 0 unspecified atom stereocenters. The Morgan fingerprint density at radius 2 is 2.47 bits per heavy atom. The fourth-order valence-corrected chi connectivity index (χ4v) is 0.797. The third kappa shape index (κ3) is 3.65. The van der Waals surface area contributed by atoms with Crippen molar-refractivity contribution >= 4 is 29.2 Å². The number of aromatic nitrogens is 1. The summed E-state index contributed by atoms with van der Waals surface area (Å²) in [5.41, 5.74) is 7.84. The second-order valence-corrected chi connectivity index (χ2v) is 2.87. The monoisotopic (exact) mass is 225 g/mol. The lowest BCUT2D eigenvalue weighted by Gasteiger charge is -1.94. The topological polar surface area (TPSA) is 106 Å². The van der Waals surface area contributed by atoms with E-state index in [1.807, 2.05) is 0 Å². The third-order valence-electron chi connectivity index (χ3n) is 1.35. The molecule has 0 atom stereocenters. The van der Waals surface area contributed by atoms with E-state index in [0.29, 0.717) is 5.69 Å². The molecule has 0 saturated heterocycles. The fraction of sp³-hybridized carbons (Fsp3) is 0. The summed E-state index contributed by atoms with van der Waals surface area (Å²) in [6, 6.07) is 2.79. The van der Waals surface area contributed by atoms with Crippen molar-refractivity contribution in [2.24, 2.45) is 10.8 Å². The van der Waals surface area contributed by atoms with E-state index in [-0.39, 0.29) is 10.8 Å². The van der Waals surface area contributed by atoms with Crippen LogP contribution in [0.25, 0.3) is 0 Å². The summed E-state index contributed by atoms with van der Waals surface area (Å²) in [5, 5.41) is 14.0. The van der Waals surface area contributed by atoms with Gasteiger partial charge in [-0.2, -0.15) is 5.10 Å². The number of rotatable bonds is 3. The first-order valence-electron chi connectivity index (χ1n) is 3.78. The molecule has 8 heteroatoms. The van der Waals surface area contributed by atoms with Crippen LogP contribution in [0.1, 0.15) is 5.69 Å². The summed E-state index contributed by atoms with van der Waals surface area (Å²) >= 11 is 4.51. The Balaban J connectivity index is 2.68. The van der Waals surface area contributed by atoms with Gasteiger partial charge in [-0.25, -0.2) is 4.98 Å². The van der Waals surface area contributed by atoms with Crippen LogP contribution in [0.2, 0.25) is 0 Å². The Kier molecular flexibility index (Phi) is 3.63. The largest absolute Gasteiger partial charge is 0.375 e. The highest BCUT2D eigenvalue weighted by Crippen LogP contribution is 2.07. The van der Waals surface area contributed by atoms with E-state index in [2.05, 4.69) is 27.7 Å². The van der Waals surface area contributed by atoms with E-state index in [9.17, 15) is 10.1 Å². The quantitative estimate of drug-likeness (QED) is 0.328. The molecule has 7 nitrogen and oxygen atoms in total. The zero-order chi connectivity index (χ0) is 11.3. The molecule has 0 bridgehead atoms. The first-order chi connectivity index (χ1) is 7.09. The minimum Gasteiger partial charge on any atom is -0.375 e. The number of nitrogens with two attached hydrogens (primary N) is 1. The van der Waals surface area contributed by atoms with Crippen molar-refractivity contribution in [1.29, 1.82) is 0 Å². The van der Waals surface area contributed by atoms with Crippen molar-refractivity contribution < 1.29 is 4.92 Å². The molecule has 0 aliphatic carbocycles. The normalized spacial score (nSPS) is 10.1. The summed E-state index contributed by atoms with van der Waals surface area (Å²) in [4.78, 5) is 13.6. The molecule has 0 amide bonds. The van der Waals surface area contributed by atoms with Crippen LogP contribution in [-0.2, 0) is 0 Å². The minimum atomic E-state index is -0.527. The summed E-state index contributed by atoms with van der Waals surface area (Å²) in [7, 11) is 0. The van der Waals surface area contributed by atoms with Crippen molar-refractivity contribution in [3.05, 3.63) is 34.1 Å². The van der Waals surface area contributed by atoms with E-state index < -0.39 is 4.92 Å². The van der Waals surface area contributed by atoms with Crippen molar-refractivity contribution in [2.75, 3.05) is 0 Å². The number of thiocarbonyl (C=S) groups is 1. The second-order valence-electron chi connectivity index (χ2n) is 2.43. The molecule has 0 spiro atoms. The van der Waals surface area contributed by atoms with Crippen LogP contribution in [0.4, 0.5) is 5.69 Å². The molecule has 1 aromatic heterocycles. The van der Waals surface area contributed by atoms with Crippen LogP contribution >= 0.6 is 12.2 Å². The minimum absolute atomic E-state index is 0.0353. The van der Waals surface area contributed by atoms with Crippen LogP contribution in [0.15, 0.2) is 23.4 Å². The maximum atomic E-state index is 10.3. The maximum absolute atomic E-state index is 10.3. The number of hydrogen-bond donors (Lipinski definition) is 2. The van der Waals surface area contributed by atoms with Gasteiger partial charge in [-0.05, 0) is 18.3 Å². The molecule has 0 fully saturated rings. The highest BCUT2D eigenvalue weighted by molar-refractivity contribution is 7.80. The summed E-state index contributed by atoms with van der Waals surface area (Å²) in [6.45, 7) is 0. The van der Waals surface area contributed by atoms with E-state index >= 15 is 0 Å². The van der Waals surface area contributed by atoms with Gasteiger partial charge in [0.15, 0.2) is 5.11 Å². The molecular formula is C7H7N5O2S. The molecular weight excluding hydrogens is 218 g/mol. The van der Waals surface area contributed by atoms with E-state index in [1.54, 1.807) is 0 Å².